The molecular formula is C33H37Cl2F2N3O2. The van der Waals surface area contributed by atoms with Crippen LogP contribution in [0.4, 0.5) is 8.78 Å². The fourth-order valence-electron chi connectivity index (χ4n) is 7.19. The van der Waals surface area contributed by atoms with Gasteiger partial charge >= 0.3 is 5.97 Å². The summed E-state index contributed by atoms with van der Waals surface area (Å²) in [5.41, 5.74) is 6.72. The van der Waals surface area contributed by atoms with Gasteiger partial charge in [0.1, 0.15) is 17.7 Å². The van der Waals surface area contributed by atoms with Crippen LogP contribution in [-0.2, 0) is 16.9 Å². The molecule has 4 N–H and O–H groups in total. The predicted molar refractivity (Wildman–Crippen MR) is 163 cm³/mol. The molecule has 5 rings (SSSR count). The Hall–Kier alpha value is -2.55. The number of piperidine rings is 1. The van der Waals surface area contributed by atoms with Crippen molar-refractivity contribution in [2.45, 2.75) is 63.2 Å². The molecule has 4 atom stereocenters. The SMILES string of the molecule is CC(C)(C[C@@H]1N[C@@H](C(=O)O)[C@H](c2cccc(Cl)c2F)[C@@]1(N)c1ccc(Cl)cc1F)C1CCN(Cc2ccccc2)CC1. The van der Waals surface area contributed by atoms with Gasteiger partial charge in [0.05, 0.1) is 10.6 Å². The number of hydrogen-bond acceptors (Lipinski definition) is 4. The zero-order valence-electron chi connectivity index (χ0n) is 23.8. The fraction of sp³-hybridized carbons (Fsp3) is 0.424. The van der Waals surface area contributed by atoms with Gasteiger partial charge in [0.2, 0.25) is 0 Å². The van der Waals surface area contributed by atoms with Crippen molar-refractivity contribution < 1.29 is 18.7 Å². The first-order valence-corrected chi connectivity index (χ1v) is 15.1. The van der Waals surface area contributed by atoms with E-state index in [0.29, 0.717) is 12.3 Å². The van der Waals surface area contributed by atoms with Crippen LogP contribution in [0.25, 0.3) is 0 Å². The van der Waals surface area contributed by atoms with Crippen molar-refractivity contribution in [1.29, 1.82) is 0 Å². The maximum atomic E-state index is 15.7. The minimum atomic E-state index is -1.62. The standard InChI is InChI=1S/C33H37Cl2F2N3O2/c1-32(2,21-13-15-40(16-14-21)19-20-7-4-3-5-8-20)18-27-33(38,24-12-11-22(34)17-26(24)36)28(30(39-27)31(41)42)23-9-6-10-25(35)29(23)37/h3-12,17,21,27-28,30,39H,13-16,18-19,38H2,1-2H3,(H,41,42)/t27-,28-,30+,33+/m0/s1. The lowest BCUT2D eigenvalue weighted by Gasteiger charge is -2.45. The average Bonchev–Trinajstić information content (AvgIpc) is 3.23. The van der Waals surface area contributed by atoms with Gasteiger partial charge in [-0.25, -0.2) is 8.78 Å². The van der Waals surface area contributed by atoms with E-state index in [1.54, 1.807) is 6.07 Å². The molecule has 0 amide bonds. The largest absolute Gasteiger partial charge is 0.480 e. The van der Waals surface area contributed by atoms with Crippen LogP contribution in [0.1, 0.15) is 55.7 Å². The highest BCUT2D eigenvalue weighted by Gasteiger charge is 2.59. The van der Waals surface area contributed by atoms with Gasteiger partial charge in [-0.05, 0) is 73.0 Å². The smallest absolute Gasteiger partial charge is 0.321 e. The number of rotatable bonds is 8. The Morgan fingerprint density at radius 1 is 1.07 bits per heavy atom. The minimum Gasteiger partial charge on any atom is -0.480 e. The molecule has 224 valence electrons. The molecule has 0 spiro atoms. The second-order valence-electron chi connectivity index (χ2n) is 12.4. The van der Waals surface area contributed by atoms with Crippen LogP contribution in [0.15, 0.2) is 66.7 Å². The Balaban J connectivity index is 1.47. The second-order valence-corrected chi connectivity index (χ2v) is 13.3. The minimum absolute atomic E-state index is 0.0359. The maximum absolute atomic E-state index is 15.7. The Kier molecular flexibility index (Phi) is 8.98. The molecule has 3 aromatic rings. The molecule has 3 aromatic carbocycles. The van der Waals surface area contributed by atoms with E-state index in [-0.39, 0.29) is 26.6 Å². The van der Waals surface area contributed by atoms with Crippen molar-refractivity contribution >= 4 is 29.2 Å². The van der Waals surface area contributed by atoms with E-state index in [1.807, 2.05) is 6.07 Å². The van der Waals surface area contributed by atoms with Crippen LogP contribution in [0, 0.1) is 23.0 Å². The lowest BCUT2D eigenvalue weighted by Crippen LogP contribution is -2.53. The Bertz CT molecular complexity index is 1430. The fourth-order valence-corrected chi connectivity index (χ4v) is 7.53. The molecule has 2 saturated heterocycles. The first kappa shape index (κ1) is 30.9. The number of hydrogen-bond donors (Lipinski definition) is 3. The summed E-state index contributed by atoms with van der Waals surface area (Å²) in [7, 11) is 0. The highest BCUT2D eigenvalue weighted by molar-refractivity contribution is 6.31. The molecule has 2 fully saturated rings. The highest BCUT2D eigenvalue weighted by Crippen LogP contribution is 2.51. The van der Waals surface area contributed by atoms with Crippen molar-refractivity contribution in [3.63, 3.8) is 0 Å². The van der Waals surface area contributed by atoms with Crippen LogP contribution in [0.3, 0.4) is 0 Å². The predicted octanol–water partition coefficient (Wildman–Crippen LogP) is 6.96. The molecule has 0 unspecified atom stereocenters. The second kappa shape index (κ2) is 12.2. The molecule has 2 aliphatic rings. The molecule has 0 bridgehead atoms. The lowest BCUT2D eigenvalue weighted by molar-refractivity contribution is -0.139. The Morgan fingerprint density at radius 2 is 1.76 bits per heavy atom. The molecular weight excluding hydrogens is 579 g/mol. The number of carbonyl (C=O) groups is 1. The molecule has 0 saturated carbocycles. The molecule has 9 heteroatoms. The molecule has 2 heterocycles. The van der Waals surface area contributed by atoms with Gasteiger partial charge in [-0.1, -0.05) is 85.6 Å². The van der Waals surface area contributed by atoms with Gasteiger partial charge < -0.3 is 10.8 Å². The maximum Gasteiger partial charge on any atom is 0.321 e. The third kappa shape index (κ3) is 5.95. The van der Waals surface area contributed by atoms with Gasteiger partial charge in [0.25, 0.3) is 0 Å². The summed E-state index contributed by atoms with van der Waals surface area (Å²) < 4.78 is 31.2. The van der Waals surface area contributed by atoms with Gasteiger partial charge in [0, 0.05) is 29.1 Å². The number of aliphatic carboxylic acids is 1. The van der Waals surface area contributed by atoms with Crippen molar-refractivity contribution in [3.8, 4) is 0 Å². The monoisotopic (exact) mass is 615 g/mol. The van der Waals surface area contributed by atoms with Crippen molar-refractivity contribution in [2.24, 2.45) is 17.1 Å². The molecule has 2 aliphatic heterocycles. The number of likely N-dealkylation sites (tertiary alicyclic amines) is 1. The Morgan fingerprint density at radius 3 is 2.40 bits per heavy atom. The van der Waals surface area contributed by atoms with Crippen molar-refractivity contribution in [2.75, 3.05) is 13.1 Å². The third-order valence-electron chi connectivity index (χ3n) is 9.46. The number of benzene rings is 3. The summed E-state index contributed by atoms with van der Waals surface area (Å²) in [4.78, 5) is 15.1. The summed E-state index contributed by atoms with van der Waals surface area (Å²) in [5.74, 6) is -3.43. The number of nitrogens with zero attached hydrogens (tertiary/aromatic N) is 1. The van der Waals surface area contributed by atoms with Crippen LogP contribution in [0.2, 0.25) is 10.0 Å². The van der Waals surface area contributed by atoms with E-state index < -0.39 is 41.1 Å². The number of nitrogens with one attached hydrogen (secondary N) is 1. The molecule has 0 aliphatic carbocycles. The summed E-state index contributed by atoms with van der Waals surface area (Å²) in [6.45, 7) is 7.10. The number of nitrogens with two attached hydrogens (primary N) is 1. The Labute approximate surface area is 256 Å². The lowest BCUT2D eigenvalue weighted by atomic mass is 9.64. The van der Waals surface area contributed by atoms with E-state index in [0.717, 1.165) is 38.5 Å². The number of carboxylic acid groups (broad SMARTS) is 1. The van der Waals surface area contributed by atoms with Crippen LogP contribution < -0.4 is 11.1 Å². The third-order valence-corrected chi connectivity index (χ3v) is 9.98. The first-order valence-electron chi connectivity index (χ1n) is 14.3. The molecule has 0 aromatic heterocycles. The summed E-state index contributed by atoms with van der Waals surface area (Å²) in [6.07, 6.45) is 2.39. The zero-order chi connectivity index (χ0) is 30.2. The quantitative estimate of drug-likeness (QED) is 0.255. The van der Waals surface area contributed by atoms with Gasteiger partial charge in [-0.2, -0.15) is 0 Å². The molecule has 5 nitrogen and oxygen atoms in total. The highest BCUT2D eigenvalue weighted by atomic mass is 35.5. The van der Waals surface area contributed by atoms with Crippen LogP contribution >= 0.6 is 23.2 Å². The van der Waals surface area contributed by atoms with Crippen molar-refractivity contribution in [1.82, 2.24) is 10.2 Å². The number of halogens is 4. The van der Waals surface area contributed by atoms with Gasteiger partial charge in [-0.15, -0.1) is 0 Å². The van der Waals surface area contributed by atoms with Gasteiger partial charge in [0.15, 0.2) is 0 Å². The van der Waals surface area contributed by atoms with E-state index in [2.05, 4.69) is 48.3 Å². The van der Waals surface area contributed by atoms with E-state index in [9.17, 15) is 9.90 Å². The topological polar surface area (TPSA) is 78.6 Å². The first-order chi connectivity index (χ1) is 19.9. The van der Waals surface area contributed by atoms with E-state index >= 15 is 8.78 Å². The summed E-state index contributed by atoms with van der Waals surface area (Å²) in [6, 6.07) is 17.0. The van der Waals surface area contributed by atoms with Gasteiger partial charge in [-0.3, -0.25) is 15.0 Å². The normalized spacial score (nSPS) is 25.5. The summed E-state index contributed by atoms with van der Waals surface area (Å²) >= 11 is 12.2. The zero-order valence-corrected chi connectivity index (χ0v) is 25.3. The molecule has 42 heavy (non-hydrogen) atoms. The van der Waals surface area contributed by atoms with Crippen LogP contribution in [-0.4, -0.2) is 41.1 Å². The van der Waals surface area contributed by atoms with Crippen LogP contribution in [0.5, 0.6) is 0 Å². The average molecular weight is 617 g/mol. The number of carboxylic acids is 1. The molecule has 0 radical (unpaired) electrons. The van der Waals surface area contributed by atoms with E-state index in [1.165, 1.54) is 29.8 Å². The summed E-state index contributed by atoms with van der Waals surface area (Å²) in [5, 5.41) is 13.6. The van der Waals surface area contributed by atoms with E-state index in [4.69, 9.17) is 28.9 Å². The van der Waals surface area contributed by atoms with Crippen molar-refractivity contribution in [3.05, 3.63) is 105 Å².